The van der Waals surface area contributed by atoms with E-state index in [1.165, 1.54) is 11.4 Å². The van der Waals surface area contributed by atoms with Gasteiger partial charge >= 0.3 is 0 Å². The van der Waals surface area contributed by atoms with Gasteiger partial charge in [-0.1, -0.05) is 30.3 Å². The number of methoxy groups -OCH3 is 1. The van der Waals surface area contributed by atoms with Gasteiger partial charge in [0.05, 0.1) is 37.8 Å². The van der Waals surface area contributed by atoms with E-state index in [1.807, 2.05) is 36.4 Å². The van der Waals surface area contributed by atoms with E-state index in [0.717, 1.165) is 24.4 Å². The molecule has 2 aromatic carbocycles. The monoisotopic (exact) mass is 342 g/mol. The molecule has 1 unspecified atom stereocenters. The molecule has 5 nitrogen and oxygen atoms in total. The molecule has 25 heavy (non-hydrogen) atoms. The van der Waals surface area contributed by atoms with Gasteiger partial charge in [0.25, 0.3) is 0 Å². The fraction of sp³-hybridized carbons (Fsp3) is 0.400. The van der Waals surface area contributed by atoms with E-state index in [0.29, 0.717) is 19.8 Å². The van der Waals surface area contributed by atoms with E-state index in [2.05, 4.69) is 29.0 Å². The molecule has 1 atom stereocenters. The van der Waals surface area contributed by atoms with Crippen LogP contribution in [-0.2, 0) is 11.3 Å². The predicted octanol–water partition coefficient (Wildman–Crippen LogP) is 2.53. The molecule has 0 spiro atoms. The smallest absolute Gasteiger partial charge is 0.124 e. The van der Waals surface area contributed by atoms with Crippen LogP contribution in [0.4, 0.5) is 11.4 Å². The normalized spacial score (nSPS) is 15.0. The van der Waals surface area contributed by atoms with Crippen molar-refractivity contribution in [2.75, 3.05) is 50.2 Å². The molecule has 1 heterocycles. The fourth-order valence-corrected chi connectivity index (χ4v) is 3.19. The second kappa shape index (κ2) is 8.23. The summed E-state index contributed by atoms with van der Waals surface area (Å²) in [7, 11) is 3.75. The van der Waals surface area contributed by atoms with Gasteiger partial charge in [-0.3, -0.25) is 0 Å². The number of anilines is 2. The number of rotatable bonds is 7. The van der Waals surface area contributed by atoms with Gasteiger partial charge in [-0.2, -0.15) is 0 Å². The first kappa shape index (κ1) is 17.6. The Labute approximate surface area is 149 Å². The van der Waals surface area contributed by atoms with Crippen molar-refractivity contribution >= 4 is 11.4 Å². The van der Waals surface area contributed by atoms with Gasteiger partial charge in [-0.15, -0.1) is 0 Å². The molecule has 0 saturated carbocycles. The maximum absolute atomic E-state index is 10.4. The van der Waals surface area contributed by atoms with Gasteiger partial charge in [0.2, 0.25) is 0 Å². The van der Waals surface area contributed by atoms with E-state index >= 15 is 0 Å². The van der Waals surface area contributed by atoms with Crippen LogP contribution in [-0.4, -0.2) is 51.6 Å². The Hall–Kier alpha value is -2.24. The third-order valence-electron chi connectivity index (χ3n) is 4.53. The van der Waals surface area contributed by atoms with Crippen LogP contribution in [0.15, 0.2) is 48.5 Å². The number of nitrogens with zero attached hydrogens (tertiary/aromatic N) is 2. The van der Waals surface area contributed by atoms with Gasteiger partial charge < -0.3 is 24.4 Å². The number of hydrogen-bond acceptors (Lipinski definition) is 5. The van der Waals surface area contributed by atoms with Crippen molar-refractivity contribution in [3.8, 4) is 5.75 Å². The number of benzene rings is 2. The highest BCUT2D eigenvalue weighted by atomic mass is 16.5. The Morgan fingerprint density at radius 1 is 1.04 bits per heavy atom. The first-order valence-electron chi connectivity index (χ1n) is 8.62. The van der Waals surface area contributed by atoms with Gasteiger partial charge in [0, 0.05) is 32.2 Å². The first-order chi connectivity index (χ1) is 12.2. The molecule has 1 aliphatic heterocycles. The molecule has 1 aliphatic rings. The topological polar surface area (TPSA) is 45.2 Å². The summed E-state index contributed by atoms with van der Waals surface area (Å²) in [5.74, 6) is 0.810. The minimum atomic E-state index is -0.536. The molecule has 0 aromatic heterocycles. The van der Waals surface area contributed by atoms with Crippen molar-refractivity contribution in [2.24, 2.45) is 0 Å². The van der Waals surface area contributed by atoms with Crippen LogP contribution in [0.2, 0.25) is 0 Å². The largest absolute Gasteiger partial charge is 0.496 e. The van der Waals surface area contributed by atoms with Crippen molar-refractivity contribution in [3.05, 3.63) is 54.1 Å². The average Bonchev–Trinajstić information content (AvgIpc) is 2.65. The van der Waals surface area contributed by atoms with Gasteiger partial charge in [0.1, 0.15) is 5.75 Å². The zero-order valence-electron chi connectivity index (χ0n) is 14.9. The van der Waals surface area contributed by atoms with Crippen LogP contribution < -0.4 is 14.5 Å². The molecule has 0 aliphatic carbocycles. The molecule has 2 aromatic rings. The molecular weight excluding hydrogens is 316 g/mol. The lowest BCUT2D eigenvalue weighted by Gasteiger charge is -2.37. The first-order valence-corrected chi connectivity index (χ1v) is 8.62. The van der Waals surface area contributed by atoms with Crippen molar-refractivity contribution in [3.63, 3.8) is 0 Å². The van der Waals surface area contributed by atoms with E-state index in [9.17, 15) is 5.11 Å². The molecule has 0 radical (unpaired) electrons. The Morgan fingerprint density at radius 3 is 2.56 bits per heavy atom. The summed E-state index contributed by atoms with van der Waals surface area (Å²) < 4.78 is 11.0. The van der Waals surface area contributed by atoms with Crippen molar-refractivity contribution in [2.45, 2.75) is 12.7 Å². The molecule has 0 bridgehead atoms. The second-order valence-corrected chi connectivity index (χ2v) is 6.34. The van der Waals surface area contributed by atoms with E-state index in [4.69, 9.17) is 9.47 Å². The number of aliphatic hydroxyl groups excluding tert-OH is 1. The number of β-amino-alcohol motifs (C(OH)–C–C–N with tert-alkyl or cyclic N) is 1. The molecule has 1 N–H and O–H groups in total. The van der Waals surface area contributed by atoms with E-state index < -0.39 is 6.10 Å². The lowest BCUT2D eigenvalue weighted by molar-refractivity contribution is 0.0313. The SMILES string of the molecule is COc1ccccc1COCC(O)CN1CCN(C)c2ccccc21. The lowest BCUT2D eigenvalue weighted by atomic mass is 10.1. The number of hydrogen-bond donors (Lipinski definition) is 1. The van der Waals surface area contributed by atoms with Crippen LogP contribution in [0.3, 0.4) is 0 Å². The Balaban J connectivity index is 1.53. The second-order valence-electron chi connectivity index (χ2n) is 6.34. The molecule has 5 heteroatoms. The highest BCUT2D eigenvalue weighted by Crippen LogP contribution is 2.31. The van der Waals surface area contributed by atoms with Crippen LogP contribution in [0, 0.1) is 0 Å². The molecule has 0 saturated heterocycles. The van der Waals surface area contributed by atoms with Crippen LogP contribution >= 0.6 is 0 Å². The summed E-state index contributed by atoms with van der Waals surface area (Å²) >= 11 is 0. The summed E-state index contributed by atoms with van der Waals surface area (Å²) in [5.41, 5.74) is 3.36. The van der Waals surface area contributed by atoms with Gasteiger partial charge in [-0.05, 0) is 18.2 Å². The average molecular weight is 342 g/mol. The minimum absolute atomic E-state index is 0.298. The summed E-state index contributed by atoms with van der Waals surface area (Å²) in [6.45, 7) is 3.15. The standard InChI is InChI=1S/C20H26N2O3/c1-21-11-12-22(19-9-5-4-8-18(19)21)13-17(23)15-25-14-16-7-3-6-10-20(16)24-2/h3-10,17,23H,11-15H2,1-2H3. The molecule has 0 amide bonds. The van der Waals surface area contributed by atoms with Crippen molar-refractivity contribution in [1.82, 2.24) is 0 Å². The third kappa shape index (κ3) is 4.24. The summed E-state index contributed by atoms with van der Waals surface area (Å²) in [4.78, 5) is 4.48. The third-order valence-corrected chi connectivity index (χ3v) is 4.53. The predicted molar refractivity (Wildman–Crippen MR) is 101 cm³/mol. The number of para-hydroxylation sites is 3. The van der Waals surface area contributed by atoms with Crippen molar-refractivity contribution < 1.29 is 14.6 Å². The van der Waals surface area contributed by atoms with Crippen LogP contribution in [0.5, 0.6) is 5.75 Å². The summed E-state index contributed by atoms with van der Waals surface area (Å²) in [6.07, 6.45) is -0.536. The maximum Gasteiger partial charge on any atom is 0.124 e. The number of fused-ring (bicyclic) bond motifs is 1. The maximum atomic E-state index is 10.4. The van der Waals surface area contributed by atoms with Crippen molar-refractivity contribution in [1.29, 1.82) is 0 Å². The molecular formula is C20H26N2O3. The number of ether oxygens (including phenoxy) is 2. The van der Waals surface area contributed by atoms with E-state index in [-0.39, 0.29) is 0 Å². The molecule has 134 valence electrons. The fourth-order valence-electron chi connectivity index (χ4n) is 3.19. The Bertz CT molecular complexity index is 692. The number of likely N-dealkylation sites (N-methyl/N-ethyl adjacent to an activating group) is 1. The Morgan fingerprint density at radius 2 is 1.76 bits per heavy atom. The minimum Gasteiger partial charge on any atom is -0.496 e. The number of aliphatic hydroxyl groups is 1. The zero-order chi connectivity index (χ0) is 17.6. The highest BCUT2D eigenvalue weighted by molar-refractivity contribution is 5.73. The highest BCUT2D eigenvalue weighted by Gasteiger charge is 2.21. The molecule has 3 rings (SSSR count). The van der Waals surface area contributed by atoms with Gasteiger partial charge in [0.15, 0.2) is 0 Å². The quantitative estimate of drug-likeness (QED) is 0.838. The zero-order valence-corrected chi connectivity index (χ0v) is 14.9. The molecule has 0 fully saturated rings. The van der Waals surface area contributed by atoms with Crippen LogP contribution in [0.25, 0.3) is 0 Å². The summed E-state index contributed by atoms with van der Waals surface area (Å²) in [6, 6.07) is 16.1. The van der Waals surface area contributed by atoms with E-state index in [1.54, 1.807) is 7.11 Å². The Kier molecular flexibility index (Phi) is 5.79. The summed E-state index contributed by atoms with van der Waals surface area (Å²) in [5, 5.41) is 10.4. The van der Waals surface area contributed by atoms with Gasteiger partial charge in [-0.25, -0.2) is 0 Å². The lowest BCUT2D eigenvalue weighted by Crippen LogP contribution is -2.43. The van der Waals surface area contributed by atoms with Crippen LogP contribution in [0.1, 0.15) is 5.56 Å².